The number of rotatable bonds is 1. The lowest BCUT2D eigenvalue weighted by atomic mass is 9.76. The van der Waals surface area contributed by atoms with Gasteiger partial charge < -0.3 is 4.90 Å². The maximum absolute atomic E-state index is 2.67. The van der Waals surface area contributed by atoms with Crippen LogP contribution in [0.5, 0.6) is 0 Å². The first-order valence-electron chi connectivity index (χ1n) is 5.20. The normalized spacial score (nSPS) is 30.5. The van der Waals surface area contributed by atoms with Gasteiger partial charge in [0.2, 0.25) is 0 Å². The lowest BCUT2D eigenvalue weighted by Crippen LogP contribution is -2.63. The summed E-state index contributed by atoms with van der Waals surface area (Å²) in [5.74, 6) is 0. The molecule has 2 fully saturated rings. The molecule has 0 N–H and O–H groups in total. The molecule has 0 amide bonds. The fourth-order valence-electron chi connectivity index (χ4n) is 2.68. The summed E-state index contributed by atoms with van der Waals surface area (Å²) in [5.41, 5.74) is 0.640. The third-order valence-corrected chi connectivity index (χ3v) is 3.82. The molecule has 12 heavy (non-hydrogen) atoms. The van der Waals surface area contributed by atoms with Crippen LogP contribution in [-0.4, -0.2) is 48.6 Å². The Hall–Kier alpha value is -0.0800. The fraction of sp³-hybridized carbons (Fsp3) is 1.00. The van der Waals surface area contributed by atoms with Crippen molar-refractivity contribution in [2.75, 3.05) is 33.2 Å². The van der Waals surface area contributed by atoms with E-state index in [1.54, 1.807) is 0 Å². The van der Waals surface area contributed by atoms with Crippen molar-refractivity contribution in [1.29, 1.82) is 0 Å². The van der Waals surface area contributed by atoms with Crippen molar-refractivity contribution >= 4 is 0 Å². The van der Waals surface area contributed by atoms with Gasteiger partial charge >= 0.3 is 0 Å². The van der Waals surface area contributed by atoms with Crippen molar-refractivity contribution in [2.45, 2.75) is 31.7 Å². The molecule has 2 aliphatic heterocycles. The van der Waals surface area contributed by atoms with Crippen LogP contribution in [0.15, 0.2) is 0 Å². The first-order valence-corrected chi connectivity index (χ1v) is 5.20. The maximum Gasteiger partial charge on any atom is 0.0246 e. The predicted octanol–water partition coefficient (Wildman–Crippen LogP) is 1.18. The molecule has 0 saturated carbocycles. The number of hydrogen-bond acceptors (Lipinski definition) is 2. The molecular formula is C10H20N2. The van der Waals surface area contributed by atoms with Gasteiger partial charge in [-0.05, 0) is 45.9 Å². The van der Waals surface area contributed by atoms with Gasteiger partial charge in [0.15, 0.2) is 0 Å². The van der Waals surface area contributed by atoms with E-state index in [4.69, 9.17) is 0 Å². The smallest absolute Gasteiger partial charge is 0.0246 e. The molecule has 0 aromatic rings. The molecule has 0 aliphatic carbocycles. The van der Waals surface area contributed by atoms with Gasteiger partial charge in [0.25, 0.3) is 0 Å². The molecule has 1 spiro atoms. The van der Waals surface area contributed by atoms with Crippen molar-refractivity contribution in [3.63, 3.8) is 0 Å². The third kappa shape index (κ3) is 1.17. The number of hydrogen-bond donors (Lipinski definition) is 0. The summed E-state index contributed by atoms with van der Waals surface area (Å²) < 4.78 is 0. The first kappa shape index (κ1) is 8.52. The topological polar surface area (TPSA) is 6.48 Å². The second-order valence-corrected chi connectivity index (χ2v) is 4.36. The highest BCUT2D eigenvalue weighted by atomic mass is 15.3. The Kier molecular flexibility index (Phi) is 2.13. The van der Waals surface area contributed by atoms with Gasteiger partial charge in [-0.25, -0.2) is 0 Å². The minimum absolute atomic E-state index is 0.640. The summed E-state index contributed by atoms with van der Waals surface area (Å²) in [5, 5.41) is 0. The van der Waals surface area contributed by atoms with Crippen molar-refractivity contribution in [3.05, 3.63) is 0 Å². The zero-order valence-corrected chi connectivity index (χ0v) is 8.34. The molecule has 2 saturated heterocycles. The van der Waals surface area contributed by atoms with E-state index in [1.165, 1.54) is 45.4 Å². The molecule has 0 bridgehead atoms. The first-order chi connectivity index (χ1) is 5.77. The fourth-order valence-corrected chi connectivity index (χ4v) is 2.68. The van der Waals surface area contributed by atoms with E-state index in [-0.39, 0.29) is 0 Å². The number of nitrogens with zero attached hydrogens (tertiary/aromatic N) is 2. The molecule has 0 unspecified atom stereocenters. The van der Waals surface area contributed by atoms with Gasteiger partial charge in [-0.3, -0.25) is 4.90 Å². The molecule has 70 valence electrons. The van der Waals surface area contributed by atoms with Crippen molar-refractivity contribution in [3.8, 4) is 0 Å². The van der Waals surface area contributed by atoms with Gasteiger partial charge in [0.1, 0.15) is 0 Å². The van der Waals surface area contributed by atoms with E-state index in [1.807, 2.05) is 0 Å². The Morgan fingerprint density at radius 1 is 1.08 bits per heavy atom. The predicted molar refractivity (Wildman–Crippen MR) is 51.3 cm³/mol. The average molecular weight is 168 g/mol. The average Bonchev–Trinajstić information content (AvgIpc) is 2.05. The maximum atomic E-state index is 2.67. The van der Waals surface area contributed by atoms with E-state index in [2.05, 4.69) is 23.8 Å². The minimum atomic E-state index is 0.640. The van der Waals surface area contributed by atoms with E-state index >= 15 is 0 Å². The molecule has 0 atom stereocenters. The summed E-state index contributed by atoms with van der Waals surface area (Å²) in [6.07, 6.45) is 4.25. The lowest BCUT2D eigenvalue weighted by Gasteiger charge is -2.56. The Morgan fingerprint density at radius 3 is 2.08 bits per heavy atom. The number of piperidine rings is 1. The van der Waals surface area contributed by atoms with E-state index < -0.39 is 0 Å². The molecule has 0 radical (unpaired) electrons. The van der Waals surface area contributed by atoms with Gasteiger partial charge in [-0.15, -0.1) is 0 Å². The Bertz CT molecular complexity index is 157. The Morgan fingerprint density at radius 2 is 1.67 bits per heavy atom. The highest BCUT2D eigenvalue weighted by molar-refractivity contribution is 5.01. The van der Waals surface area contributed by atoms with Crippen LogP contribution in [-0.2, 0) is 0 Å². The highest BCUT2D eigenvalue weighted by Gasteiger charge is 2.44. The Labute approximate surface area is 75.5 Å². The number of likely N-dealkylation sites (tertiary alicyclic amines) is 2. The SMILES string of the molecule is CCN1CCC12CCN(C)CC2. The highest BCUT2D eigenvalue weighted by Crippen LogP contribution is 2.38. The molecule has 0 aromatic heterocycles. The quantitative estimate of drug-likeness (QED) is 0.580. The zero-order chi connectivity index (χ0) is 8.60. The molecule has 2 rings (SSSR count). The molecule has 2 aliphatic rings. The van der Waals surface area contributed by atoms with Crippen LogP contribution < -0.4 is 0 Å². The summed E-state index contributed by atoms with van der Waals surface area (Å²) in [6, 6.07) is 0. The Balaban J connectivity index is 1.95. The van der Waals surface area contributed by atoms with Gasteiger partial charge in [-0.2, -0.15) is 0 Å². The van der Waals surface area contributed by atoms with Crippen molar-refractivity contribution in [1.82, 2.24) is 9.80 Å². The van der Waals surface area contributed by atoms with Crippen LogP contribution >= 0.6 is 0 Å². The largest absolute Gasteiger partial charge is 0.306 e. The summed E-state index contributed by atoms with van der Waals surface area (Å²) in [7, 11) is 2.24. The lowest BCUT2D eigenvalue weighted by molar-refractivity contribution is -0.0510. The van der Waals surface area contributed by atoms with E-state index in [0.29, 0.717) is 5.54 Å². The minimum Gasteiger partial charge on any atom is -0.306 e. The van der Waals surface area contributed by atoms with Crippen molar-refractivity contribution < 1.29 is 0 Å². The van der Waals surface area contributed by atoms with Crippen molar-refractivity contribution in [2.24, 2.45) is 0 Å². The standard InChI is InChI=1S/C10H20N2/c1-3-12-9-6-10(12)4-7-11(2)8-5-10/h3-9H2,1-2H3. The molecule has 2 heteroatoms. The van der Waals surface area contributed by atoms with Gasteiger partial charge in [0, 0.05) is 12.1 Å². The summed E-state index contributed by atoms with van der Waals surface area (Å²) >= 11 is 0. The van der Waals surface area contributed by atoms with Crippen LogP contribution in [0.25, 0.3) is 0 Å². The second-order valence-electron chi connectivity index (χ2n) is 4.36. The van der Waals surface area contributed by atoms with Crippen LogP contribution in [0.3, 0.4) is 0 Å². The monoisotopic (exact) mass is 168 g/mol. The van der Waals surface area contributed by atoms with Crippen LogP contribution in [0.4, 0.5) is 0 Å². The van der Waals surface area contributed by atoms with Gasteiger partial charge in [-0.1, -0.05) is 6.92 Å². The molecule has 0 aromatic carbocycles. The van der Waals surface area contributed by atoms with E-state index in [0.717, 1.165) is 0 Å². The van der Waals surface area contributed by atoms with Crippen LogP contribution in [0.1, 0.15) is 26.2 Å². The zero-order valence-electron chi connectivity index (χ0n) is 8.34. The third-order valence-electron chi connectivity index (χ3n) is 3.82. The van der Waals surface area contributed by atoms with E-state index in [9.17, 15) is 0 Å². The van der Waals surface area contributed by atoms with Crippen LogP contribution in [0, 0.1) is 0 Å². The second kappa shape index (κ2) is 3.00. The molecule has 2 heterocycles. The molecular weight excluding hydrogens is 148 g/mol. The van der Waals surface area contributed by atoms with Gasteiger partial charge in [0.05, 0.1) is 0 Å². The summed E-state index contributed by atoms with van der Waals surface area (Å²) in [6.45, 7) is 7.50. The molecule has 2 nitrogen and oxygen atoms in total. The van der Waals surface area contributed by atoms with Crippen LogP contribution in [0.2, 0.25) is 0 Å². The summed E-state index contributed by atoms with van der Waals surface area (Å²) in [4.78, 5) is 5.12.